The first-order chi connectivity index (χ1) is 14.0. The number of nitrogens with one attached hydrogen (secondary N) is 1. The quantitative estimate of drug-likeness (QED) is 0.512. The second-order valence-corrected chi connectivity index (χ2v) is 7.91. The topological polar surface area (TPSA) is 81.8 Å². The summed E-state index contributed by atoms with van der Waals surface area (Å²) < 4.78 is 3.32. The zero-order valence-electron chi connectivity index (χ0n) is 15.6. The molecule has 0 aliphatic heterocycles. The predicted octanol–water partition coefficient (Wildman–Crippen LogP) is 3.14. The number of halogens is 1. The number of aryl methyl sites for hydroxylation is 2. The second-order valence-electron chi connectivity index (χ2n) is 6.58. The molecule has 1 atom stereocenters. The van der Waals surface area contributed by atoms with Crippen LogP contribution >= 0.6 is 22.9 Å². The average molecular weight is 428 g/mol. The minimum Gasteiger partial charge on any atom is -0.342 e. The van der Waals surface area contributed by atoms with E-state index in [9.17, 15) is 9.59 Å². The van der Waals surface area contributed by atoms with E-state index in [0.29, 0.717) is 21.1 Å². The lowest BCUT2D eigenvalue weighted by Crippen LogP contribution is -2.32. The summed E-state index contributed by atoms with van der Waals surface area (Å²) in [4.78, 5) is 34.5. The predicted molar refractivity (Wildman–Crippen MR) is 113 cm³/mol. The molecule has 0 spiro atoms. The minimum absolute atomic E-state index is 0.137. The van der Waals surface area contributed by atoms with Crippen LogP contribution in [0.4, 0.5) is 0 Å². The van der Waals surface area contributed by atoms with E-state index in [0.717, 1.165) is 5.56 Å². The van der Waals surface area contributed by atoms with E-state index in [4.69, 9.17) is 11.6 Å². The van der Waals surface area contributed by atoms with Crippen LogP contribution in [0.25, 0.3) is 10.2 Å². The molecule has 1 N–H and O–H groups in total. The normalized spacial score (nSPS) is 12.2. The molecule has 1 unspecified atom stereocenters. The van der Waals surface area contributed by atoms with Gasteiger partial charge in [0.05, 0.1) is 11.7 Å². The van der Waals surface area contributed by atoms with Gasteiger partial charge in [0, 0.05) is 37.4 Å². The van der Waals surface area contributed by atoms with Crippen LogP contribution in [0.15, 0.2) is 59.2 Å². The molecule has 0 aliphatic rings. The molecule has 0 bridgehead atoms. The third-order valence-corrected chi connectivity index (χ3v) is 5.73. The monoisotopic (exact) mass is 427 g/mol. The summed E-state index contributed by atoms with van der Waals surface area (Å²) in [5.41, 5.74) is 0.734. The lowest BCUT2D eigenvalue weighted by molar-refractivity contribution is -0.121. The van der Waals surface area contributed by atoms with E-state index < -0.39 is 6.04 Å². The van der Waals surface area contributed by atoms with E-state index in [2.05, 4.69) is 15.3 Å². The van der Waals surface area contributed by atoms with E-state index in [1.165, 1.54) is 22.2 Å². The fraction of sp³-hybridized carbons (Fsp3) is 0.200. The Bertz CT molecular complexity index is 1210. The molecule has 1 aromatic carbocycles. The van der Waals surface area contributed by atoms with Crippen LogP contribution in [0.1, 0.15) is 23.9 Å². The van der Waals surface area contributed by atoms with Gasteiger partial charge in [0.15, 0.2) is 0 Å². The largest absolute Gasteiger partial charge is 0.342 e. The lowest BCUT2D eigenvalue weighted by Gasteiger charge is -2.19. The van der Waals surface area contributed by atoms with E-state index >= 15 is 0 Å². The van der Waals surface area contributed by atoms with Crippen molar-refractivity contribution in [2.75, 3.05) is 0 Å². The third-order valence-electron chi connectivity index (χ3n) is 4.66. The maximum Gasteiger partial charge on any atom is 0.262 e. The van der Waals surface area contributed by atoms with Crippen molar-refractivity contribution < 1.29 is 4.79 Å². The molecular formula is C20H18ClN5O2S. The van der Waals surface area contributed by atoms with Gasteiger partial charge in [0.2, 0.25) is 5.91 Å². The van der Waals surface area contributed by atoms with Crippen molar-refractivity contribution in [2.24, 2.45) is 7.05 Å². The van der Waals surface area contributed by atoms with Crippen LogP contribution in [0.2, 0.25) is 5.02 Å². The summed E-state index contributed by atoms with van der Waals surface area (Å²) in [7, 11) is 1.87. The van der Waals surface area contributed by atoms with Crippen molar-refractivity contribution in [3.8, 4) is 0 Å². The molecule has 29 heavy (non-hydrogen) atoms. The molecule has 3 heterocycles. The number of hydrogen-bond donors (Lipinski definition) is 1. The molecule has 0 saturated heterocycles. The Labute approximate surface area is 175 Å². The van der Waals surface area contributed by atoms with Crippen molar-refractivity contribution >= 4 is 39.1 Å². The molecule has 0 radical (unpaired) electrons. The van der Waals surface area contributed by atoms with Gasteiger partial charge >= 0.3 is 0 Å². The van der Waals surface area contributed by atoms with Crippen LogP contribution in [0.3, 0.4) is 0 Å². The Kier molecular flexibility index (Phi) is 5.46. The van der Waals surface area contributed by atoms with Crippen LogP contribution < -0.4 is 10.9 Å². The van der Waals surface area contributed by atoms with Crippen molar-refractivity contribution in [1.82, 2.24) is 24.4 Å². The molecule has 9 heteroatoms. The number of amides is 1. The summed E-state index contributed by atoms with van der Waals surface area (Å²) in [6.45, 7) is 0.247. The Morgan fingerprint density at radius 1 is 1.24 bits per heavy atom. The van der Waals surface area contributed by atoms with Crippen LogP contribution in [-0.4, -0.2) is 25.0 Å². The molecule has 0 fully saturated rings. The zero-order chi connectivity index (χ0) is 20.4. The number of rotatable bonds is 6. The molecular weight excluding hydrogens is 410 g/mol. The molecule has 3 aromatic heterocycles. The molecule has 1 amide bonds. The number of nitrogens with zero attached hydrogens (tertiary/aromatic N) is 4. The highest BCUT2D eigenvalue weighted by Crippen LogP contribution is 2.22. The third kappa shape index (κ3) is 4.08. The minimum atomic E-state index is -0.422. The van der Waals surface area contributed by atoms with Crippen molar-refractivity contribution in [3.63, 3.8) is 0 Å². The van der Waals surface area contributed by atoms with Crippen LogP contribution in [-0.2, 0) is 18.4 Å². The van der Waals surface area contributed by atoms with Crippen LogP contribution in [0, 0.1) is 0 Å². The number of carbonyl (C=O) groups excluding carboxylic acids is 1. The van der Waals surface area contributed by atoms with Gasteiger partial charge in [0.25, 0.3) is 5.56 Å². The van der Waals surface area contributed by atoms with E-state index in [1.807, 2.05) is 35.3 Å². The number of hydrogen-bond acceptors (Lipinski definition) is 5. The SMILES string of the molecule is Cn1ccnc1C(NC(=O)CCn1cnc2sccc2c1=O)c1ccc(Cl)cc1. The first kappa shape index (κ1) is 19.4. The van der Waals surface area contributed by atoms with Gasteiger partial charge in [-0.1, -0.05) is 23.7 Å². The van der Waals surface area contributed by atoms with Gasteiger partial charge < -0.3 is 9.88 Å². The molecule has 0 aliphatic carbocycles. The van der Waals surface area contributed by atoms with Crippen LogP contribution in [0.5, 0.6) is 0 Å². The van der Waals surface area contributed by atoms with E-state index in [1.54, 1.807) is 24.4 Å². The average Bonchev–Trinajstić information content (AvgIpc) is 3.36. The Morgan fingerprint density at radius 2 is 2.03 bits per heavy atom. The molecule has 4 rings (SSSR count). The molecule has 7 nitrogen and oxygen atoms in total. The van der Waals surface area contributed by atoms with Crippen molar-refractivity contribution in [2.45, 2.75) is 19.0 Å². The number of thiophene rings is 1. The summed E-state index contributed by atoms with van der Waals surface area (Å²) in [6, 6.07) is 8.61. The summed E-state index contributed by atoms with van der Waals surface area (Å²) in [5, 5.41) is 6.05. The second kappa shape index (κ2) is 8.18. The lowest BCUT2D eigenvalue weighted by atomic mass is 10.1. The fourth-order valence-electron chi connectivity index (χ4n) is 3.12. The highest BCUT2D eigenvalue weighted by atomic mass is 35.5. The zero-order valence-corrected chi connectivity index (χ0v) is 17.2. The van der Waals surface area contributed by atoms with Crippen molar-refractivity contribution in [3.05, 3.63) is 81.2 Å². The summed E-state index contributed by atoms with van der Waals surface area (Å²) in [6.07, 6.45) is 5.15. The standard InChI is InChI=1S/C20H18ClN5O2S/c1-25-10-8-22-18(25)17(13-2-4-14(21)5-3-13)24-16(27)6-9-26-12-23-19-15(20(26)28)7-11-29-19/h2-5,7-8,10-12,17H,6,9H2,1H3,(H,24,27). The van der Waals surface area contributed by atoms with Gasteiger partial charge in [-0.2, -0.15) is 0 Å². The highest BCUT2D eigenvalue weighted by molar-refractivity contribution is 7.16. The van der Waals surface area contributed by atoms with Gasteiger partial charge in [0.1, 0.15) is 16.7 Å². The first-order valence-electron chi connectivity index (χ1n) is 8.97. The van der Waals surface area contributed by atoms with Crippen molar-refractivity contribution in [1.29, 1.82) is 0 Å². The number of fused-ring (bicyclic) bond motifs is 1. The molecule has 4 aromatic rings. The highest BCUT2D eigenvalue weighted by Gasteiger charge is 2.21. The smallest absolute Gasteiger partial charge is 0.262 e. The maximum absolute atomic E-state index is 12.7. The maximum atomic E-state index is 12.7. The molecule has 148 valence electrons. The number of benzene rings is 1. The summed E-state index contributed by atoms with van der Waals surface area (Å²) >= 11 is 7.42. The van der Waals surface area contributed by atoms with Gasteiger partial charge in [-0.25, -0.2) is 9.97 Å². The van der Waals surface area contributed by atoms with E-state index in [-0.39, 0.29) is 24.4 Å². The Balaban J connectivity index is 1.52. The van der Waals surface area contributed by atoms with Gasteiger partial charge in [-0.05, 0) is 29.1 Å². The number of imidazole rings is 1. The van der Waals surface area contributed by atoms with Gasteiger partial charge in [-0.15, -0.1) is 11.3 Å². The Hall–Kier alpha value is -2.97. The first-order valence-corrected chi connectivity index (χ1v) is 10.2. The number of aromatic nitrogens is 4. The summed E-state index contributed by atoms with van der Waals surface area (Å²) in [5.74, 6) is 0.518. The molecule has 0 saturated carbocycles. The van der Waals surface area contributed by atoms with Gasteiger partial charge in [-0.3, -0.25) is 14.2 Å². The number of carbonyl (C=O) groups is 1. The fourth-order valence-corrected chi connectivity index (χ4v) is 3.96. The Morgan fingerprint density at radius 3 is 2.76 bits per heavy atom.